The van der Waals surface area contributed by atoms with Gasteiger partial charge < -0.3 is 109 Å². The summed E-state index contributed by atoms with van der Waals surface area (Å²) in [5, 5.41) is 141. The van der Waals surface area contributed by atoms with Crippen LogP contribution >= 0.6 is 0 Å². The molecule has 4 aliphatic heterocycles. The van der Waals surface area contributed by atoms with E-state index in [1.165, 1.54) is 0 Å². The molecule has 24 nitrogen and oxygen atoms in total. The molecule has 8 fully saturated rings. The predicted octanol–water partition coefficient (Wildman–Crippen LogP) is -2.24. The highest BCUT2D eigenvalue weighted by atomic mass is 16.8. The minimum atomic E-state index is -1.89. The van der Waals surface area contributed by atoms with Crippen LogP contribution < -0.4 is 0 Å². The number of fused-ring (bicyclic) bond motifs is 7. The molecule has 0 unspecified atom stereocenters. The van der Waals surface area contributed by atoms with Gasteiger partial charge in [0.15, 0.2) is 25.0 Å². The van der Waals surface area contributed by atoms with Gasteiger partial charge in [-0.2, -0.15) is 0 Å². The Balaban J connectivity index is 0.959. The third-order valence-corrected chi connectivity index (χ3v) is 21.2. The molecule has 0 aromatic heterocycles. The van der Waals surface area contributed by atoms with Gasteiger partial charge in [-0.3, -0.25) is 4.79 Å². The van der Waals surface area contributed by atoms with Crippen molar-refractivity contribution in [2.75, 3.05) is 26.9 Å². The summed E-state index contributed by atoms with van der Waals surface area (Å²) in [6.45, 7) is 13.3. The Morgan fingerprint density at radius 2 is 1.22 bits per heavy atom. The van der Waals surface area contributed by atoms with E-state index < -0.39 is 188 Å². The average molecular weight is 1120 g/mol. The number of allylic oxidation sites excluding steroid dienone is 2. The van der Waals surface area contributed by atoms with Crippen molar-refractivity contribution >= 4 is 11.9 Å². The lowest BCUT2D eigenvalue weighted by Gasteiger charge is -2.71. The fraction of sp³-hybridized carbons (Fsp3) is 0.926. The molecule has 4 saturated heterocycles. The zero-order chi connectivity index (χ0) is 57.1. The number of esters is 2. The number of rotatable bonds is 11. The fourth-order valence-corrected chi connectivity index (χ4v) is 16.4. The molecule has 446 valence electrons. The van der Waals surface area contributed by atoms with Gasteiger partial charge in [0.25, 0.3) is 0 Å². The largest absolute Gasteiger partial charge is 0.467 e. The lowest BCUT2D eigenvalue weighted by atomic mass is 9.33. The van der Waals surface area contributed by atoms with E-state index in [1.807, 2.05) is 0 Å². The Morgan fingerprint density at radius 3 is 1.81 bits per heavy atom. The van der Waals surface area contributed by atoms with Gasteiger partial charge in [-0.15, -0.1) is 0 Å². The maximum absolute atomic E-state index is 15.1. The van der Waals surface area contributed by atoms with E-state index >= 15 is 4.79 Å². The zero-order valence-corrected chi connectivity index (χ0v) is 45.7. The second-order valence-corrected chi connectivity index (χ2v) is 26.2. The molecule has 78 heavy (non-hydrogen) atoms. The second kappa shape index (κ2) is 21.8. The molecule has 0 aromatic rings. The van der Waals surface area contributed by atoms with Gasteiger partial charge in [0.2, 0.25) is 6.29 Å². The number of hydrogen-bond donors (Lipinski definition) is 13. The predicted molar refractivity (Wildman–Crippen MR) is 263 cm³/mol. The first kappa shape index (κ1) is 60.5. The molecule has 0 radical (unpaired) electrons. The molecular weight excluding hydrogens is 1030 g/mol. The second-order valence-electron chi connectivity index (χ2n) is 26.2. The number of aliphatic hydroxyl groups is 13. The van der Waals surface area contributed by atoms with E-state index in [0.717, 1.165) is 25.5 Å². The number of methoxy groups -OCH3 is 1. The molecule has 24 heteroatoms. The zero-order valence-electron chi connectivity index (χ0n) is 45.7. The van der Waals surface area contributed by atoms with Gasteiger partial charge in [0.05, 0.1) is 39.1 Å². The van der Waals surface area contributed by atoms with Crippen LogP contribution in [0.3, 0.4) is 0 Å². The molecule has 28 atom stereocenters. The van der Waals surface area contributed by atoms with Gasteiger partial charge in [0.1, 0.15) is 90.9 Å². The third kappa shape index (κ3) is 9.63. The number of ether oxygens (including phenoxy) is 9. The Morgan fingerprint density at radius 1 is 0.615 bits per heavy atom. The molecule has 4 heterocycles. The minimum absolute atomic E-state index is 0.00541. The van der Waals surface area contributed by atoms with Crippen molar-refractivity contribution < 1.29 is 119 Å². The van der Waals surface area contributed by atoms with Crippen molar-refractivity contribution in [2.24, 2.45) is 50.2 Å². The Labute approximate surface area is 453 Å². The summed E-state index contributed by atoms with van der Waals surface area (Å²) in [4.78, 5) is 28.1. The van der Waals surface area contributed by atoms with Crippen LogP contribution in [0.25, 0.3) is 0 Å². The first-order chi connectivity index (χ1) is 36.5. The lowest BCUT2D eigenvalue weighted by molar-refractivity contribution is -0.374. The fourth-order valence-electron chi connectivity index (χ4n) is 16.4. The standard InChI is InChI=1S/C54H86O24/c1-49(2)15-16-54(48(69)78-44-39(67)40(24(57)21-71-44)75-45-37(65)33(61)31(59)25(19-55)72-45)23(17-49)22-9-10-28-51(5)13-12-30(50(3,4)27(51)11-14-52(28,6)53(22,7)18-29(54)58)74-47-42(36(64)35(63)41(76-47)43(68)70-8)77-46-38(66)34(62)32(60)26(20-56)73-46/h9,23-42,44-47,55-67H,10-21H2,1-8H3/t23-,24+,25+,26+,27-,28+,29+,30-,31+,32-,33-,34-,35-,36-,37+,38+,39+,40-,41-,42+,44-,45-,46-,47+,51-,52+,53+,54+/m0/s1. The summed E-state index contributed by atoms with van der Waals surface area (Å²) in [6, 6.07) is 0. The molecule has 0 amide bonds. The van der Waals surface area contributed by atoms with Gasteiger partial charge in [-0.05, 0) is 103 Å². The van der Waals surface area contributed by atoms with Crippen LogP contribution in [0.2, 0.25) is 0 Å². The molecule has 13 N–H and O–H groups in total. The molecule has 9 rings (SSSR count). The highest BCUT2D eigenvalue weighted by Crippen LogP contribution is 2.76. The van der Waals surface area contributed by atoms with Crippen molar-refractivity contribution in [3.63, 3.8) is 0 Å². The van der Waals surface area contributed by atoms with Crippen molar-refractivity contribution in [1.82, 2.24) is 0 Å². The van der Waals surface area contributed by atoms with E-state index in [1.54, 1.807) is 0 Å². The van der Waals surface area contributed by atoms with Gasteiger partial charge in [0, 0.05) is 0 Å². The number of hydrogen-bond acceptors (Lipinski definition) is 24. The molecule has 9 aliphatic rings. The molecule has 5 aliphatic carbocycles. The SMILES string of the molecule is COC(=O)[C@H]1O[C@@H](O[C@H]2CC[C@]3(C)[C@H]4CC=C5[C@@H]6CC(C)(C)CC[C@]6(C(=O)O[C@@H]6OC[C@@H](O)[C@H](O[C@@H]7O[C@H](CO)[C@@H](O)[C@H](O)[C@H]7O)[C@H]6O)[C@H](O)C[C@@]5(C)[C@]4(C)CC[C@H]3C2(C)C)[C@H](O[C@@H]2O[C@H](CO)[C@H](O)[C@H](O)[C@H]2O)[C@@H](O)[C@@H]1O. The van der Waals surface area contributed by atoms with Gasteiger partial charge in [-0.25, -0.2) is 4.79 Å². The van der Waals surface area contributed by atoms with Crippen molar-refractivity contribution in [3.05, 3.63) is 11.6 Å². The van der Waals surface area contributed by atoms with Crippen molar-refractivity contribution in [3.8, 4) is 0 Å². The minimum Gasteiger partial charge on any atom is -0.467 e. The quantitative estimate of drug-likeness (QED) is 0.0591. The van der Waals surface area contributed by atoms with E-state index in [-0.39, 0.29) is 35.5 Å². The van der Waals surface area contributed by atoms with Crippen molar-refractivity contribution in [1.29, 1.82) is 0 Å². The van der Waals surface area contributed by atoms with Gasteiger partial charge in [-0.1, -0.05) is 60.1 Å². The summed E-state index contributed by atoms with van der Waals surface area (Å²) in [6.07, 6.45) is -26.9. The van der Waals surface area contributed by atoms with Gasteiger partial charge >= 0.3 is 11.9 Å². The number of aliphatic hydroxyl groups excluding tert-OH is 13. The highest BCUT2D eigenvalue weighted by Gasteiger charge is 2.72. The Kier molecular flexibility index (Phi) is 16.9. The summed E-state index contributed by atoms with van der Waals surface area (Å²) < 4.78 is 52.4. The monoisotopic (exact) mass is 1120 g/mol. The molecule has 0 aromatic carbocycles. The number of carbonyl (C=O) groups excluding carboxylic acids is 2. The van der Waals surface area contributed by atoms with E-state index in [0.29, 0.717) is 32.1 Å². The normalized spacial score (nSPS) is 52.8. The first-order valence-corrected chi connectivity index (χ1v) is 27.7. The van der Waals surface area contributed by atoms with Crippen LogP contribution in [-0.2, 0) is 52.2 Å². The van der Waals surface area contributed by atoms with E-state index in [2.05, 4.69) is 54.5 Å². The van der Waals surface area contributed by atoms with Crippen LogP contribution in [0.5, 0.6) is 0 Å². The first-order valence-electron chi connectivity index (χ1n) is 27.7. The summed E-state index contributed by atoms with van der Waals surface area (Å²) in [5.41, 5.74) is -2.64. The van der Waals surface area contributed by atoms with Crippen LogP contribution in [-0.4, -0.2) is 234 Å². The highest BCUT2D eigenvalue weighted by molar-refractivity contribution is 5.80. The van der Waals surface area contributed by atoms with E-state index in [4.69, 9.17) is 42.6 Å². The summed E-state index contributed by atoms with van der Waals surface area (Å²) in [7, 11) is 1.09. The topological polar surface area (TPSA) is 380 Å². The van der Waals surface area contributed by atoms with Crippen molar-refractivity contribution in [2.45, 2.75) is 235 Å². The van der Waals surface area contributed by atoms with E-state index in [9.17, 15) is 71.2 Å². The molecule has 0 bridgehead atoms. The molecule has 0 spiro atoms. The number of carbonyl (C=O) groups is 2. The van der Waals surface area contributed by atoms with Crippen LogP contribution in [0.4, 0.5) is 0 Å². The summed E-state index contributed by atoms with van der Waals surface area (Å²) in [5.74, 6) is -2.19. The molecular formula is C54H86O24. The van der Waals surface area contributed by atoms with Crippen LogP contribution in [0, 0.1) is 50.2 Å². The Bertz CT molecular complexity index is 2190. The molecule has 4 saturated carbocycles. The Hall–Kier alpha value is -2.12. The summed E-state index contributed by atoms with van der Waals surface area (Å²) >= 11 is 0. The van der Waals surface area contributed by atoms with Crippen LogP contribution in [0.15, 0.2) is 11.6 Å². The average Bonchev–Trinajstić information content (AvgIpc) is 2.65. The third-order valence-electron chi connectivity index (χ3n) is 21.2. The maximum atomic E-state index is 15.1. The smallest absolute Gasteiger partial charge is 0.337 e. The lowest BCUT2D eigenvalue weighted by Crippen LogP contribution is -2.68. The maximum Gasteiger partial charge on any atom is 0.337 e. The van der Waals surface area contributed by atoms with Crippen LogP contribution in [0.1, 0.15) is 106 Å².